The Hall–Kier alpha value is -3.46. The highest BCUT2D eigenvalue weighted by Crippen LogP contribution is 2.18. The standard InChI is InChI=1S/C53H92N2O7/c1-3-5-7-9-11-13-15-17-18-19-20-21-22-23-24-26-28-30-32-37-41-45-52(59)62-48(42-38-34-31-29-27-25-16-14-12-10-8-6-4-2)43-39-35-33-36-40-44-50(57)54-46-51(58)55-49(47-56)53(60)61/h5,7,11,13,17-18,20-21,29,31,48-49,56H,3-4,6,8-10,12,14-16,19,22-28,30,32-47H2,1-2H3,(H,54,57)(H,55,58)(H,60,61)/b7-5-,13-11-,18-17-,21-20-,31-29-. The molecule has 0 aromatic heterocycles. The summed E-state index contributed by atoms with van der Waals surface area (Å²) >= 11 is 0. The Labute approximate surface area is 379 Å². The number of ether oxygens (including phenoxy) is 1. The van der Waals surface area contributed by atoms with Crippen molar-refractivity contribution >= 4 is 23.8 Å². The molecule has 4 N–H and O–H groups in total. The minimum absolute atomic E-state index is 0.0521. The molecule has 0 bridgehead atoms. The van der Waals surface area contributed by atoms with Gasteiger partial charge in [-0.05, 0) is 96.3 Å². The summed E-state index contributed by atoms with van der Waals surface area (Å²) in [6, 6.07) is -1.39. The van der Waals surface area contributed by atoms with E-state index in [0.29, 0.717) is 12.8 Å². The van der Waals surface area contributed by atoms with E-state index in [-0.39, 0.29) is 30.9 Å². The van der Waals surface area contributed by atoms with Gasteiger partial charge in [0.15, 0.2) is 0 Å². The number of rotatable bonds is 45. The summed E-state index contributed by atoms with van der Waals surface area (Å²) in [6.45, 7) is 3.38. The summed E-state index contributed by atoms with van der Waals surface area (Å²) in [5.74, 6) is -2.32. The number of carbonyl (C=O) groups is 4. The Morgan fingerprint density at radius 3 is 1.47 bits per heavy atom. The number of aliphatic hydroxyl groups is 1. The average Bonchev–Trinajstić information content (AvgIpc) is 3.26. The van der Waals surface area contributed by atoms with Crippen molar-refractivity contribution < 1.29 is 34.1 Å². The summed E-state index contributed by atoms with van der Waals surface area (Å²) < 4.78 is 6.04. The minimum Gasteiger partial charge on any atom is -0.480 e. The Morgan fingerprint density at radius 2 is 0.935 bits per heavy atom. The smallest absolute Gasteiger partial charge is 0.328 e. The number of hydrogen-bond acceptors (Lipinski definition) is 6. The number of carboxylic acids is 1. The van der Waals surface area contributed by atoms with E-state index in [4.69, 9.17) is 14.9 Å². The molecule has 2 atom stereocenters. The topological polar surface area (TPSA) is 142 Å². The van der Waals surface area contributed by atoms with Crippen molar-refractivity contribution in [3.05, 3.63) is 60.8 Å². The number of aliphatic carboxylic acids is 1. The molecule has 9 nitrogen and oxygen atoms in total. The fraction of sp³-hybridized carbons (Fsp3) is 0.736. The van der Waals surface area contributed by atoms with Crippen LogP contribution in [-0.4, -0.2) is 59.3 Å². The van der Waals surface area contributed by atoms with Crippen LogP contribution in [-0.2, 0) is 23.9 Å². The van der Waals surface area contributed by atoms with E-state index in [1.54, 1.807) is 0 Å². The number of allylic oxidation sites excluding steroid dienone is 10. The van der Waals surface area contributed by atoms with Crippen molar-refractivity contribution in [1.29, 1.82) is 0 Å². The fourth-order valence-electron chi connectivity index (χ4n) is 7.18. The summed E-state index contributed by atoms with van der Waals surface area (Å²) in [4.78, 5) is 47.8. The lowest BCUT2D eigenvalue weighted by Gasteiger charge is -2.18. The van der Waals surface area contributed by atoms with Crippen LogP contribution >= 0.6 is 0 Å². The highest BCUT2D eigenvalue weighted by Gasteiger charge is 2.19. The molecule has 0 aliphatic heterocycles. The Kier molecular flexibility index (Phi) is 44.4. The van der Waals surface area contributed by atoms with Crippen molar-refractivity contribution in [2.45, 2.75) is 238 Å². The molecule has 2 amide bonds. The summed E-state index contributed by atoms with van der Waals surface area (Å²) in [7, 11) is 0. The van der Waals surface area contributed by atoms with Crippen LogP contribution in [0.4, 0.5) is 0 Å². The Balaban J connectivity index is 4.32. The number of hydrogen-bond donors (Lipinski definition) is 4. The third-order valence-corrected chi connectivity index (χ3v) is 11.0. The van der Waals surface area contributed by atoms with Gasteiger partial charge in [0.1, 0.15) is 12.1 Å². The number of nitrogens with one attached hydrogen (secondary N) is 2. The molecule has 0 aliphatic rings. The van der Waals surface area contributed by atoms with Gasteiger partial charge in [-0.15, -0.1) is 0 Å². The number of amides is 2. The molecule has 2 unspecified atom stereocenters. The zero-order valence-electron chi connectivity index (χ0n) is 39.6. The predicted octanol–water partition coefficient (Wildman–Crippen LogP) is 13.3. The van der Waals surface area contributed by atoms with E-state index in [9.17, 15) is 19.2 Å². The zero-order valence-corrected chi connectivity index (χ0v) is 39.6. The van der Waals surface area contributed by atoms with Crippen LogP contribution in [0.15, 0.2) is 60.8 Å². The molecule has 356 valence electrons. The van der Waals surface area contributed by atoms with Crippen molar-refractivity contribution in [3.63, 3.8) is 0 Å². The first-order valence-electron chi connectivity index (χ1n) is 25.2. The molecule has 9 heteroatoms. The van der Waals surface area contributed by atoms with Gasteiger partial charge in [0, 0.05) is 12.8 Å². The molecule has 0 rings (SSSR count). The lowest BCUT2D eigenvalue weighted by atomic mass is 10.0. The summed E-state index contributed by atoms with van der Waals surface area (Å²) in [5.41, 5.74) is 0. The highest BCUT2D eigenvalue weighted by molar-refractivity contribution is 5.87. The molecule has 0 spiro atoms. The number of carbonyl (C=O) groups excluding carboxylic acids is 3. The van der Waals surface area contributed by atoms with Gasteiger partial charge < -0.3 is 25.6 Å². The lowest BCUT2D eigenvalue weighted by molar-refractivity contribution is -0.150. The monoisotopic (exact) mass is 869 g/mol. The average molecular weight is 869 g/mol. The van der Waals surface area contributed by atoms with Gasteiger partial charge >= 0.3 is 11.9 Å². The van der Waals surface area contributed by atoms with Crippen LogP contribution in [0.25, 0.3) is 0 Å². The van der Waals surface area contributed by atoms with E-state index < -0.39 is 24.5 Å². The van der Waals surface area contributed by atoms with Gasteiger partial charge in [0.2, 0.25) is 11.8 Å². The van der Waals surface area contributed by atoms with Crippen molar-refractivity contribution in [3.8, 4) is 0 Å². The second kappa shape index (κ2) is 47.0. The quantitative estimate of drug-likeness (QED) is 0.0271. The van der Waals surface area contributed by atoms with E-state index in [1.165, 1.54) is 89.9 Å². The van der Waals surface area contributed by atoms with Crippen LogP contribution in [0.1, 0.15) is 226 Å². The van der Waals surface area contributed by atoms with Gasteiger partial charge in [-0.25, -0.2) is 4.79 Å². The SMILES string of the molecule is CC/C=C\C/C=C\C/C=C\C/C=C\CCCCCCCCCCC(=O)OC(CCC/C=C\CCCCCCCCCC)CCCCCCCC(=O)NCC(=O)NC(CO)C(=O)O. The minimum atomic E-state index is -1.39. The van der Waals surface area contributed by atoms with Crippen molar-refractivity contribution in [2.75, 3.05) is 13.2 Å². The Bertz CT molecular complexity index is 1220. The third-order valence-electron chi connectivity index (χ3n) is 11.0. The molecule has 62 heavy (non-hydrogen) atoms. The Morgan fingerprint density at radius 1 is 0.500 bits per heavy atom. The molecule has 0 aromatic rings. The number of carboxylic acid groups (broad SMARTS) is 1. The van der Waals surface area contributed by atoms with Crippen molar-refractivity contribution in [2.24, 2.45) is 0 Å². The first kappa shape index (κ1) is 58.5. The fourth-order valence-corrected chi connectivity index (χ4v) is 7.18. The van der Waals surface area contributed by atoms with Crippen LogP contribution in [0.3, 0.4) is 0 Å². The molecule has 0 aliphatic carbocycles. The normalized spacial score (nSPS) is 13.0. The largest absolute Gasteiger partial charge is 0.480 e. The molecule has 0 radical (unpaired) electrons. The maximum absolute atomic E-state index is 12.9. The van der Waals surface area contributed by atoms with Gasteiger partial charge in [-0.3, -0.25) is 14.4 Å². The van der Waals surface area contributed by atoms with Crippen molar-refractivity contribution in [1.82, 2.24) is 10.6 Å². The lowest BCUT2D eigenvalue weighted by Crippen LogP contribution is -2.47. The van der Waals surface area contributed by atoms with E-state index in [2.05, 4.69) is 85.2 Å². The predicted molar refractivity (Wildman–Crippen MR) is 259 cm³/mol. The number of unbranched alkanes of at least 4 members (excludes halogenated alkanes) is 21. The van der Waals surface area contributed by atoms with E-state index in [1.807, 2.05) is 0 Å². The molecule has 0 aromatic carbocycles. The van der Waals surface area contributed by atoms with Gasteiger partial charge in [-0.2, -0.15) is 0 Å². The summed E-state index contributed by atoms with van der Waals surface area (Å²) in [5, 5.41) is 22.6. The van der Waals surface area contributed by atoms with Gasteiger partial charge in [0.25, 0.3) is 0 Å². The number of aliphatic hydroxyl groups excluding tert-OH is 1. The third kappa shape index (κ3) is 43.2. The second-order valence-electron chi connectivity index (χ2n) is 16.9. The maximum Gasteiger partial charge on any atom is 0.328 e. The van der Waals surface area contributed by atoms with Gasteiger partial charge in [-0.1, -0.05) is 177 Å². The molecular formula is C53H92N2O7. The highest BCUT2D eigenvalue weighted by atomic mass is 16.5. The first-order chi connectivity index (χ1) is 30.3. The van der Waals surface area contributed by atoms with Crippen LogP contribution in [0, 0.1) is 0 Å². The molecule has 0 fully saturated rings. The van der Waals surface area contributed by atoms with Gasteiger partial charge in [0.05, 0.1) is 13.2 Å². The van der Waals surface area contributed by atoms with E-state index in [0.717, 1.165) is 103 Å². The van der Waals surface area contributed by atoms with E-state index >= 15 is 0 Å². The molecular weight excluding hydrogens is 777 g/mol. The first-order valence-corrected chi connectivity index (χ1v) is 25.2. The second-order valence-corrected chi connectivity index (χ2v) is 16.9. The molecule has 0 heterocycles. The molecule has 0 saturated carbocycles. The number of esters is 1. The zero-order chi connectivity index (χ0) is 45.4. The molecule has 0 saturated heterocycles. The van der Waals surface area contributed by atoms with Crippen LogP contribution in [0.2, 0.25) is 0 Å². The maximum atomic E-state index is 12.9. The van der Waals surface area contributed by atoms with Crippen LogP contribution in [0.5, 0.6) is 0 Å². The van der Waals surface area contributed by atoms with Crippen LogP contribution < -0.4 is 10.6 Å². The summed E-state index contributed by atoms with van der Waals surface area (Å²) in [6.07, 6.45) is 58.2.